The minimum atomic E-state index is -3.28. The van der Waals surface area contributed by atoms with Crippen LogP contribution < -0.4 is 5.32 Å². The van der Waals surface area contributed by atoms with Crippen molar-refractivity contribution in [3.8, 4) is 0 Å². The van der Waals surface area contributed by atoms with E-state index in [4.69, 9.17) is 4.74 Å². The Morgan fingerprint density at radius 3 is 2.15 bits per heavy atom. The average Bonchev–Trinajstić information content (AvgIpc) is 3.04. The highest BCUT2D eigenvalue weighted by molar-refractivity contribution is 7.89. The molecule has 20 heavy (non-hydrogen) atoms. The van der Waals surface area contributed by atoms with E-state index in [0.717, 1.165) is 0 Å². The molecule has 1 aliphatic carbocycles. The fourth-order valence-corrected chi connectivity index (χ4v) is 4.68. The summed E-state index contributed by atoms with van der Waals surface area (Å²) in [7, 11) is -3.28. The lowest BCUT2D eigenvalue weighted by molar-refractivity contribution is -0.164. The predicted octanol–water partition coefficient (Wildman–Crippen LogP) is 1.35. The summed E-state index contributed by atoms with van der Waals surface area (Å²) in [6.45, 7) is 11.0. The van der Waals surface area contributed by atoms with Crippen LogP contribution in [-0.4, -0.2) is 54.9 Å². The highest BCUT2D eigenvalue weighted by Crippen LogP contribution is 2.30. The van der Waals surface area contributed by atoms with Gasteiger partial charge < -0.3 is 10.1 Å². The van der Waals surface area contributed by atoms with Crippen molar-refractivity contribution in [2.45, 2.75) is 70.0 Å². The maximum absolute atomic E-state index is 12.7. The molecule has 2 aliphatic rings. The summed E-state index contributed by atoms with van der Waals surface area (Å²) in [5.41, 5.74) is -0.892. The number of nitrogens with one attached hydrogen (secondary N) is 1. The maximum Gasteiger partial charge on any atom is 0.218 e. The van der Waals surface area contributed by atoms with Crippen LogP contribution in [0.4, 0.5) is 0 Å². The Morgan fingerprint density at radius 2 is 1.70 bits per heavy atom. The topological polar surface area (TPSA) is 58.6 Å². The quantitative estimate of drug-likeness (QED) is 0.833. The van der Waals surface area contributed by atoms with Gasteiger partial charge in [0.25, 0.3) is 0 Å². The van der Waals surface area contributed by atoms with Crippen LogP contribution in [0.2, 0.25) is 0 Å². The number of sulfonamides is 1. The summed E-state index contributed by atoms with van der Waals surface area (Å²) in [6.07, 6.45) is 2.34. The van der Waals surface area contributed by atoms with E-state index >= 15 is 0 Å². The molecule has 1 N–H and O–H groups in total. The number of nitrogens with zero attached hydrogens (tertiary/aromatic N) is 1. The van der Waals surface area contributed by atoms with Gasteiger partial charge in [0.2, 0.25) is 10.0 Å². The molecule has 1 saturated carbocycles. The Hall–Kier alpha value is -0.170. The molecule has 0 spiro atoms. The first kappa shape index (κ1) is 16.2. The standard InChI is InChI=1S/C14H28N2O3S/c1-11(8-15-12-6-7-12)20(17,18)16-9-13(2,3)19-14(4,5)10-16/h11-12,15H,6-10H2,1-5H3. The Kier molecular flexibility index (Phi) is 4.24. The molecule has 0 aromatic rings. The third-order valence-corrected chi connectivity index (χ3v) is 5.97. The zero-order valence-corrected chi connectivity index (χ0v) is 14.1. The van der Waals surface area contributed by atoms with Gasteiger partial charge >= 0.3 is 0 Å². The van der Waals surface area contributed by atoms with Crippen molar-refractivity contribution >= 4 is 10.0 Å². The van der Waals surface area contributed by atoms with E-state index in [0.29, 0.717) is 25.7 Å². The van der Waals surface area contributed by atoms with Gasteiger partial charge in [0.1, 0.15) is 0 Å². The number of morpholine rings is 1. The van der Waals surface area contributed by atoms with Gasteiger partial charge in [-0.05, 0) is 47.5 Å². The Morgan fingerprint density at radius 1 is 1.20 bits per heavy atom. The number of hydrogen-bond acceptors (Lipinski definition) is 4. The number of ether oxygens (including phenoxy) is 1. The van der Waals surface area contributed by atoms with Crippen LogP contribution in [0, 0.1) is 0 Å². The summed E-state index contributed by atoms with van der Waals surface area (Å²) in [5.74, 6) is 0. The molecular formula is C14H28N2O3S. The van der Waals surface area contributed by atoms with Gasteiger partial charge in [-0.15, -0.1) is 0 Å². The molecule has 0 amide bonds. The summed E-state index contributed by atoms with van der Waals surface area (Å²) in [5, 5.41) is 2.91. The molecule has 0 bridgehead atoms. The summed E-state index contributed by atoms with van der Waals surface area (Å²) < 4.78 is 33.0. The van der Waals surface area contributed by atoms with Crippen molar-refractivity contribution < 1.29 is 13.2 Å². The fraction of sp³-hybridized carbons (Fsp3) is 1.00. The molecule has 1 heterocycles. The van der Waals surface area contributed by atoms with Gasteiger partial charge in [-0.25, -0.2) is 8.42 Å². The number of hydrogen-bond donors (Lipinski definition) is 1. The van der Waals surface area contributed by atoms with Crippen LogP contribution in [0.3, 0.4) is 0 Å². The molecule has 1 unspecified atom stereocenters. The van der Waals surface area contributed by atoms with E-state index in [2.05, 4.69) is 5.32 Å². The molecule has 0 aromatic heterocycles. The number of rotatable bonds is 5. The van der Waals surface area contributed by atoms with E-state index in [1.54, 1.807) is 11.2 Å². The minimum Gasteiger partial charge on any atom is -0.367 e. The predicted molar refractivity (Wildman–Crippen MR) is 80.2 cm³/mol. The molecule has 0 aromatic carbocycles. The molecule has 2 fully saturated rings. The van der Waals surface area contributed by atoms with E-state index in [9.17, 15) is 8.42 Å². The molecule has 1 atom stereocenters. The van der Waals surface area contributed by atoms with Crippen molar-refractivity contribution in [2.75, 3.05) is 19.6 Å². The van der Waals surface area contributed by atoms with Gasteiger partial charge in [0.05, 0.1) is 16.5 Å². The largest absolute Gasteiger partial charge is 0.367 e. The highest BCUT2D eigenvalue weighted by Gasteiger charge is 2.44. The van der Waals surface area contributed by atoms with E-state index in [-0.39, 0.29) is 0 Å². The van der Waals surface area contributed by atoms with Crippen molar-refractivity contribution in [2.24, 2.45) is 0 Å². The lowest BCUT2D eigenvalue weighted by Crippen LogP contribution is -2.60. The molecule has 1 aliphatic heterocycles. The lowest BCUT2D eigenvalue weighted by Gasteiger charge is -2.47. The molecule has 0 radical (unpaired) electrons. The van der Waals surface area contributed by atoms with Gasteiger partial charge in [-0.2, -0.15) is 4.31 Å². The maximum atomic E-state index is 12.7. The summed E-state index contributed by atoms with van der Waals surface area (Å²) in [4.78, 5) is 0. The van der Waals surface area contributed by atoms with E-state index in [1.165, 1.54) is 12.8 Å². The Bertz CT molecular complexity index is 439. The molecule has 2 rings (SSSR count). The fourth-order valence-electron chi connectivity index (χ4n) is 2.88. The first-order valence-electron chi connectivity index (χ1n) is 7.44. The van der Waals surface area contributed by atoms with Gasteiger partial charge in [0.15, 0.2) is 0 Å². The SMILES string of the molecule is CC(CNC1CC1)S(=O)(=O)N1CC(C)(C)OC(C)(C)C1. The molecular weight excluding hydrogens is 276 g/mol. The second kappa shape index (κ2) is 5.23. The first-order valence-corrected chi connectivity index (χ1v) is 8.95. The van der Waals surface area contributed by atoms with Crippen LogP contribution in [0.1, 0.15) is 47.5 Å². The normalized spacial score (nSPS) is 28.2. The van der Waals surface area contributed by atoms with Crippen LogP contribution in [-0.2, 0) is 14.8 Å². The third kappa shape index (κ3) is 3.93. The van der Waals surface area contributed by atoms with Crippen LogP contribution in [0.15, 0.2) is 0 Å². The molecule has 6 heteroatoms. The summed E-state index contributed by atoms with van der Waals surface area (Å²) >= 11 is 0. The minimum absolute atomic E-state index is 0.396. The smallest absolute Gasteiger partial charge is 0.218 e. The Balaban J connectivity index is 2.06. The van der Waals surface area contributed by atoms with E-state index < -0.39 is 26.5 Å². The Labute approximate surface area is 123 Å². The van der Waals surface area contributed by atoms with Crippen molar-refractivity contribution in [1.29, 1.82) is 0 Å². The van der Waals surface area contributed by atoms with Gasteiger partial charge in [-0.1, -0.05) is 0 Å². The second-order valence-corrected chi connectivity index (χ2v) is 9.78. The van der Waals surface area contributed by atoms with Crippen LogP contribution in [0.5, 0.6) is 0 Å². The zero-order chi connectivity index (χ0) is 15.2. The van der Waals surface area contributed by atoms with Gasteiger partial charge in [0, 0.05) is 25.7 Å². The van der Waals surface area contributed by atoms with Gasteiger partial charge in [-0.3, -0.25) is 0 Å². The molecule has 1 saturated heterocycles. The molecule has 5 nitrogen and oxygen atoms in total. The van der Waals surface area contributed by atoms with Crippen molar-refractivity contribution in [1.82, 2.24) is 9.62 Å². The van der Waals surface area contributed by atoms with Crippen LogP contribution >= 0.6 is 0 Å². The zero-order valence-electron chi connectivity index (χ0n) is 13.3. The van der Waals surface area contributed by atoms with Crippen LogP contribution in [0.25, 0.3) is 0 Å². The van der Waals surface area contributed by atoms with Crippen molar-refractivity contribution in [3.05, 3.63) is 0 Å². The molecule has 118 valence electrons. The van der Waals surface area contributed by atoms with E-state index in [1.807, 2.05) is 27.7 Å². The average molecular weight is 304 g/mol. The monoisotopic (exact) mass is 304 g/mol. The second-order valence-electron chi connectivity index (χ2n) is 7.43. The first-order chi connectivity index (χ1) is 9.02. The summed E-state index contributed by atoms with van der Waals surface area (Å²) in [6, 6.07) is 0.533. The third-order valence-electron chi connectivity index (χ3n) is 3.81. The lowest BCUT2D eigenvalue weighted by atomic mass is 10.0. The van der Waals surface area contributed by atoms with Crippen molar-refractivity contribution in [3.63, 3.8) is 0 Å². The highest BCUT2D eigenvalue weighted by atomic mass is 32.2.